The van der Waals surface area contributed by atoms with Crippen LogP contribution in [-0.4, -0.2) is 95.9 Å². The van der Waals surface area contributed by atoms with Crippen molar-refractivity contribution in [3.8, 4) is 5.75 Å². The number of benzene rings is 1. The first-order chi connectivity index (χ1) is 23.3. The quantitative estimate of drug-likeness (QED) is 0.194. The molecule has 2 spiro atoms. The Morgan fingerprint density at radius 1 is 0.878 bits per heavy atom. The number of amides is 2. The molecule has 2 aliphatic carbocycles. The average Bonchev–Trinajstić information content (AvgIpc) is 3.71. The summed E-state index contributed by atoms with van der Waals surface area (Å²) >= 11 is 13.4. The van der Waals surface area contributed by atoms with Crippen LogP contribution < -0.4 is 15.4 Å². The van der Waals surface area contributed by atoms with Crippen molar-refractivity contribution >= 4 is 87.0 Å². The summed E-state index contributed by atoms with van der Waals surface area (Å²) in [4.78, 5) is 36.5. The topological polar surface area (TPSA) is 190 Å². The molecule has 2 aliphatic heterocycles. The molecule has 49 heavy (non-hydrogen) atoms. The van der Waals surface area contributed by atoms with Crippen molar-refractivity contribution in [2.24, 2.45) is 10.3 Å². The summed E-state index contributed by atoms with van der Waals surface area (Å²) in [6.45, 7) is 0.533. The van der Waals surface area contributed by atoms with Crippen LogP contribution in [0.5, 0.6) is 5.75 Å². The third-order valence-electron chi connectivity index (χ3n) is 8.08. The second-order valence-electron chi connectivity index (χ2n) is 11.3. The number of aliphatic hydroxyl groups is 3. The lowest BCUT2D eigenvalue weighted by atomic mass is 9.87. The van der Waals surface area contributed by atoms with Gasteiger partial charge in [0.2, 0.25) is 0 Å². The molecule has 0 fully saturated rings. The second kappa shape index (κ2) is 15.7. The van der Waals surface area contributed by atoms with E-state index in [1.54, 1.807) is 36.4 Å². The van der Waals surface area contributed by atoms with E-state index in [1.165, 1.54) is 14.2 Å². The summed E-state index contributed by atoms with van der Waals surface area (Å²) in [6.07, 6.45) is 0.530. The molecule has 4 aliphatic rings. The minimum absolute atomic E-state index is 0.00272. The lowest BCUT2D eigenvalue weighted by Crippen LogP contribution is -2.45. The zero-order valence-electron chi connectivity index (χ0n) is 26.0. The van der Waals surface area contributed by atoms with Crippen molar-refractivity contribution in [2.75, 3.05) is 33.9 Å². The predicted molar refractivity (Wildman–Crippen MR) is 191 cm³/mol. The van der Waals surface area contributed by atoms with Gasteiger partial charge >= 0.3 is 0 Å². The van der Waals surface area contributed by atoms with Crippen molar-refractivity contribution in [2.45, 2.75) is 48.8 Å². The van der Waals surface area contributed by atoms with Gasteiger partial charge in [-0.15, -0.1) is 0 Å². The molecule has 0 aromatic heterocycles. The van der Waals surface area contributed by atoms with Crippen molar-refractivity contribution in [3.63, 3.8) is 0 Å². The van der Waals surface area contributed by atoms with Gasteiger partial charge in [-0.05, 0) is 100.0 Å². The van der Waals surface area contributed by atoms with Gasteiger partial charge in [0.15, 0.2) is 11.2 Å². The summed E-state index contributed by atoms with van der Waals surface area (Å²) in [5.41, 5.74) is -1.74. The minimum atomic E-state index is -1.28. The standard InChI is InChI=1S/C31H32Br4N4O10/c1-45-24-17(32)10-30(26(41)22(24)34)12-19(38-48-30)28(43)36-8-3-9-47-16-6-4-15(5-7-16)21(40)14-37-29(44)20-13-31(49-39-20)11-18(33)25(46-2)23(35)27(31)42/h4-7,10-11,21,26-27,40-42H,3,8-9,12-14H2,1-2H3,(H,36,43)(H,37,44)/t21-,26-,27-,30+,31+/m0/s1. The van der Waals surface area contributed by atoms with Gasteiger partial charge in [-0.25, -0.2) is 0 Å². The van der Waals surface area contributed by atoms with E-state index in [2.05, 4.69) is 84.7 Å². The first-order valence-electron chi connectivity index (χ1n) is 14.8. The van der Waals surface area contributed by atoms with Gasteiger partial charge in [0, 0.05) is 25.9 Å². The van der Waals surface area contributed by atoms with E-state index in [0.29, 0.717) is 60.3 Å². The summed E-state index contributed by atoms with van der Waals surface area (Å²) in [6, 6.07) is 6.75. The van der Waals surface area contributed by atoms with Gasteiger partial charge in [0.05, 0.1) is 44.9 Å². The van der Waals surface area contributed by atoms with Crippen LogP contribution in [0.2, 0.25) is 0 Å². The van der Waals surface area contributed by atoms with Crippen molar-refractivity contribution in [3.05, 3.63) is 71.4 Å². The Kier molecular flexibility index (Phi) is 12.0. The molecule has 0 saturated carbocycles. The average molecular weight is 940 g/mol. The van der Waals surface area contributed by atoms with Crippen LogP contribution >= 0.6 is 63.7 Å². The molecule has 2 amide bonds. The minimum Gasteiger partial charge on any atom is -0.495 e. The number of methoxy groups -OCH3 is 2. The van der Waals surface area contributed by atoms with Gasteiger partial charge in [0.1, 0.15) is 40.9 Å². The molecule has 5 atom stereocenters. The van der Waals surface area contributed by atoms with Crippen molar-refractivity contribution in [1.82, 2.24) is 10.6 Å². The fourth-order valence-electron chi connectivity index (χ4n) is 5.40. The molecular formula is C31H32Br4N4O10. The van der Waals surface area contributed by atoms with E-state index < -0.39 is 41.3 Å². The van der Waals surface area contributed by atoms with E-state index in [4.69, 9.17) is 23.9 Å². The maximum Gasteiger partial charge on any atom is 0.269 e. The highest BCUT2D eigenvalue weighted by atomic mass is 79.9. The number of carbonyl (C=O) groups excluding carboxylic acids is 2. The molecule has 18 heteroatoms. The Morgan fingerprint density at radius 2 is 1.37 bits per heavy atom. The Balaban J connectivity index is 1.01. The fraction of sp³-hybridized carbons (Fsp3) is 0.419. The molecule has 0 unspecified atom stereocenters. The summed E-state index contributed by atoms with van der Waals surface area (Å²) in [5.74, 6) is 0.448. The maximum atomic E-state index is 12.8. The highest BCUT2D eigenvalue weighted by Gasteiger charge is 2.52. The zero-order valence-corrected chi connectivity index (χ0v) is 32.4. The number of hydrogen-bond donors (Lipinski definition) is 5. The van der Waals surface area contributed by atoms with Gasteiger partial charge in [-0.1, -0.05) is 22.4 Å². The number of oxime groups is 2. The monoisotopic (exact) mass is 936 g/mol. The van der Waals surface area contributed by atoms with E-state index in [9.17, 15) is 24.9 Å². The van der Waals surface area contributed by atoms with Crippen molar-refractivity contribution < 1.29 is 48.8 Å². The molecule has 1 aromatic rings. The van der Waals surface area contributed by atoms with Crippen LogP contribution in [0.25, 0.3) is 0 Å². The number of hydrogen-bond acceptors (Lipinski definition) is 12. The molecular weight excluding hydrogens is 908 g/mol. The molecule has 2 heterocycles. The Bertz CT molecular complexity index is 1680. The third kappa shape index (κ3) is 7.79. The van der Waals surface area contributed by atoms with Gasteiger partial charge < -0.3 is 49.8 Å². The summed E-state index contributed by atoms with van der Waals surface area (Å²) < 4.78 is 18.2. The van der Waals surface area contributed by atoms with Crippen LogP contribution in [0, 0.1) is 0 Å². The number of nitrogens with zero attached hydrogens (tertiary/aromatic N) is 2. The Hall–Kier alpha value is -2.74. The molecule has 0 saturated heterocycles. The first-order valence-corrected chi connectivity index (χ1v) is 18.0. The predicted octanol–water partition coefficient (Wildman–Crippen LogP) is 3.56. The lowest BCUT2D eigenvalue weighted by Gasteiger charge is -2.33. The van der Waals surface area contributed by atoms with Crippen LogP contribution in [0.1, 0.15) is 30.9 Å². The number of aliphatic hydroxyl groups excluding tert-OH is 3. The zero-order chi connectivity index (χ0) is 35.5. The Morgan fingerprint density at radius 3 is 1.86 bits per heavy atom. The number of carbonyl (C=O) groups is 2. The SMILES string of the molecule is COC1=C(Br)[C@H](O)[C@@]2(C=C1Br)CC(C(=O)NCCCOc1ccc([C@@H](O)CNC(=O)C3=NO[C@]4(C=C(Br)C(OC)=C(Br)[C@@H]4O)C3)cc1)=NO2. The lowest BCUT2D eigenvalue weighted by molar-refractivity contribution is -0.116. The summed E-state index contributed by atoms with van der Waals surface area (Å²) in [5, 5.41) is 45.4. The molecule has 5 N–H and O–H groups in total. The number of rotatable bonds is 12. The largest absolute Gasteiger partial charge is 0.495 e. The van der Waals surface area contributed by atoms with E-state index in [1.807, 2.05) is 0 Å². The van der Waals surface area contributed by atoms with Gasteiger partial charge in [-0.3, -0.25) is 9.59 Å². The molecule has 0 radical (unpaired) electrons. The maximum absolute atomic E-state index is 12.8. The summed E-state index contributed by atoms with van der Waals surface area (Å²) in [7, 11) is 2.95. The number of ether oxygens (including phenoxy) is 3. The van der Waals surface area contributed by atoms with E-state index in [-0.39, 0.29) is 30.8 Å². The second-order valence-corrected chi connectivity index (χ2v) is 14.7. The molecule has 264 valence electrons. The van der Waals surface area contributed by atoms with Crippen LogP contribution in [0.4, 0.5) is 0 Å². The van der Waals surface area contributed by atoms with E-state index >= 15 is 0 Å². The molecule has 1 aromatic carbocycles. The Labute approximate surface area is 314 Å². The highest BCUT2D eigenvalue weighted by Crippen LogP contribution is 2.45. The van der Waals surface area contributed by atoms with Gasteiger partial charge in [-0.2, -0.15) is 0 Å². The van der Waals surface area contributed by atoms with Crippen LogP contribution in [-0.2, 0) is 28.7 Å². The molecule has 5 rings (SSSR count). The number of nitrogens with one attached hydrogen (secondary N) is 2. The smallest absolute Gasteiger partial charge is 0.269 e. The fourth-order valence-corrected chi connectivity index (χ4v) is 8.98. The van der Waals surface area contributed by atoms with Crippen LogP contribution in [0.3, 0.4) is 0 Å². The molecule has 14 nitrogen and oxygen atoms in total. The van der Waals surface area contributed by atoms with Gasteiger partial charge in [0.25, 0.3) is 11.8 Å². The van der Waals surface area contributed by atoms with Crippen molar-refractivity contribution in [1.29, 1.82) is 0 Å². The first kappa shape index (κ1) is 37.5. The number of halogens is 4. The highest BCUT2D eigenvalue weighted by molar-refractivity contribution is 9.12. The van der Waals surface area contributed by atoms with E-state index in [0.717, 1.165) is 0 Å². The molecule has 0 bridgehead atoms. The number of allylic oxidation sites excluding steroid dienone is 2. The normalized spacial score (nSPS) is 26.7. The van der Waals surface area contributed by atoms with Crippen LogP contribution in [0.15, 0.2) is 76.2 Å². The third-order valence-corrected chi connectivity index (χ3v) is 10.8.